The molecule has 86 valence electrons. The van der Waals surface area contributed by atoms with Gasteiger partial charge in [-0.25, -0.2) is 8.78 Å². The number of carbonyl (C=O) groups excluding carboxylic acids is 2. The zero-order chi connectivity index (χ0) is 11.6. The van der Waals surface area contributed by atoms with E-state index in [9.17, 15) is 18.4 Å². The highest BCUT2D eigenvalue weighted by Crippen LogP contribution is 2.18. The molecule has 1 saturated heterocycles. The van der Waals surface area contributed by atoms with Gasteiger partial charge in [-0.3, -0.25) is 9.59 Å². The number of carbonyl (C=O) groups is 2. The van der Waals surface area contributed by atoms with E-state index in [2.05, 4.69) is 5.32 Å². The van der Waals surface area contributed by atoms with Crippen LogP contribution in [0.4, 0.5) is 8.78 Å². The third-order valence-corrected chi connectivity index (χ3v) is 2.57. The first-order valence-electron chi connectivity index (χ1n) is 4.77. The Balaban J connectivity index is 2.81. The summed E-state index contributed by atoms with van der Waals surface area (Å²) >= 11 is 0. The van der Waals surface area contributed by atoms with Gasteiger partial charge in [0.1, 0.15) is 5.54 Å². The van der Waals surface area contributed by atoms with Crippen molar-refractivity contribution in [3.05, 3.63) is 0 Å². The van der Waals surface area contributed by atoms with Gasteiger partial charge < -0.3 is 10.2 Å². The largest absolute Gasteiger partial charge is 0.340 e. The highest BCUT2D eigenvalue weighted by Gasteiger charge is 2.42. The number of hydrogen-bond donors (Lipinski definition) is 1. The molecule has 2 amide bonds. The fourth-order valence-corrected chi connectivity index (χ4v) is 1.55. The first-order chi connectivity index (χ1) is 6.89. The predicted octanol–water partition coefficient (Wildman–Crippen LogP) is 0.379. The Bertz CT molecular complexity index is 283. The number of rotatable bonds is 3. The first-order valence-corrected chi connectivity index (χ1v) is 4.77. The van der Waals surface area contributed by atoms with Crippen molar-refractivity contribution in [1.82, 2.24) is 10.2 Å². The van der Waals surface area contributed by atoms with Gasteiger partial charge in [0.05, 0.1) is 13.1 Å². The minimum atomic E-state index is -2.61. The van der Waals surface area contributed by atoms with Crippen LogP contribution in [0.25, 0.3) is 0 Å². The maximum Gasteiger partial charge on any atom is 0.255 e. The second-order valence-corrected chi connectivity index (χ2v) is 3.81. The smallest absolute Gasteiger partial charge is 0.255 e. The summed E-state index contributed by atoms with van der Waals surface area (Å²) in [6.45, 7) is 2.32. The molecule has 1 N–H and O–H groups in total. The van der Waals surface area contributed by atoms with Gasteiger partial charge in [-0.15, -0.1) is 0 Å². The van der Waals surface area contributed by atoms with E-state index in [1.54, 1.807) is 13.8 Å². The Hall–Kier alpha value is -1.20. The van der Waals surface area contributed by atoms with Crippen LogP contribution >= 0.6 is 0 Å². The van der Waals surface area contributed by atoms with E-state index in [0.29, 0.717) is 6.42 Å². The predicted molar refractivity (Wildman–Crippen MR) is 49.4 cm³/mol. The number of nitrogens with zero attached hydrogens (tertiary/aromatic N) is 1. The van der Waals surface area contributed by atoms with Gasteiger partial charge in [-0.05, 0) is 13.3 Å². The lowest BCUT2D eigenvalue weighted by Gasteiger charge is -2.39. The topological polar surface area (TPSA) is 49.4 Å². The Morgan fingerprint density at radius 3 is 2.60 bits per heavy atom. The van der Waals surface area contributed by atoms with Crippen LogP contribution in [-0.2, 0) is 9.59 Å². The molecule has 6 heteroatoms. The van der Waals surface area contributed by atoms with Crippen LogP contribution in [0.3, 0.4) is 0 Å². The van der Waals surface area contributed by atoms with Crippen LogP contribution in [0, 0.1) is 0 Å². The van der Waals surface area contributed by atoms with Crippen LogP contribution in [0.1, 0.15) is 20.3 Å². The summed E-state index contributed by atoms with van der Waals surface area (Å²) in [7, 11) is 0. The van der Waals surface area contributed by atoms with Crippen LogP contribution in [-0.4, -0.2) is 41.8 Å². The molecule has 1 heterocycles. The van der Waals surface area contributed by atoms with E-state index in [1.807, 2.05) is 0 Å². The quantitative estimate of drug-likeness (QED) is 0.747. The van der Waals surface area contributed by atoms with Crippen molar-refractivity contribution in [1.29, 1.82) is 0 Å². The lowest BCUT2D eigenvalue weighted by Crippen LogP contribution is -2.65. The van der Waals surface area contributed by atoms with Crippen molar-refractivity contribution in [2.75, 3.05) is 13.1 Å². The molecule has 1 aliphatic heterocycles. The van der Waals surface area contributed by atoms with E-state index >= 15 is 0 Å². The number of piperazine rings is 1. The lowest BCUT2D eigenvalue weighted by atomic mass is 9.94. The molecule has 0 spiro atoms. The number of hydrogen-bond acceptors (Lipinski definition) is 2. The second-order valence-electron chi connectivity index (χ2n) is 3.81. The second kappa shape index (κ2) is 4.12. The summed E-state index contributed by atoms with van der Waals surface area (Å²) in [6, 6.07) is 0. The van der Waals surface area contributed by atoms with Crippen molar-refractivity contribution in [2.45, 2.75) is 32.2 Å². The molecule has 15 heavy (non-hydrogen) atoms. The molecule has 0 aliphatic carbocycles. The van der Waals surface area contributed by atoms with Crippen LogP contribution in [0.5, 0.6) is 0 Å². The summed E-state index contributed by atoms with van der Waals surface area (Å²) in [5, 5.41) is 2.52. The normalized spacial score (nSPS) is 27.1. The minimum Gasteiger partial charge on any atom is -0.340 e. The molecule has 0 aromatic heterocycles. The Morgan fingerprint density at radius 2 is 2.13 bits per heavy atom. The molecule has 1 fully saturated rings. The fourth-order valence-electron chi connectivity index (χ4n) is 1.55. The zero-order valence-electron chi connectivity index (χ0n) is 8.72. The third-order valence-electron chi connectivity index (χ3n) is 2.57. The Kier molecular flexibility index (Phi) is 3.26. The number of amides is 2. The SMILES string of the molecule is CCC1(C)NC(=O)CN(CC(F)F)C1=O. The van der Waals surface area contributed by atoms with Gasteiger partial charge in [0, 0.05) is 0 Å². The highest BCUT2D eigenvalue weighted by molar-refractivity contribution is 5.97. The number of alkyl halides is 2. The molecule has 4 nitrogen and oxygen atoms in total. The van der Waals surface area contributed by atoms with Crippen molar-refractivity contribution in [3.63, 3.8) is 0 Å². The molecular formula is C9H14F2N2O2. The van der Waals surface area contributed by atoms with Gasteiger partial charge in [0.15, 0.2) is 0 Å². The number of nitrogens with one attached hydrogen (secondary N) is 1. The summed E-state index contributed by atoms with van der Waals surface area (Å²) in [6.07, 6.45) is -2.22. The maximum atomic E-state index is 12.1. The molecule has 1 aliphatic rings. The molecule has 1 rings (SSSR count). The zero-order valence-corrected chi connectivity index (χ0v) is 8.72. The minimum absolute atomic E-state index is 0.279. The fraction of sp³-hybridized carbons (Fsp3) is 0.778. The van der Waals surface area contributed by atoms with Gasteiger partial charge >= 0.3 is 0 Å². The average Bonchev–Trinajstić information content (AvgIpc) is 2.12. The van der Waals surface area contributed by atoms with Gasteiger partial charge in [0.25, 0.3) is 6.43 Å². The summed E-state index contributed by atoms with van der Waals surface area (Å²) < 4.78 is 24.3. The van der Waals surface area contributed by atoms with E-state index in [0.717, 1.165) is 4.90 Å². The molecule has 0 bridgehead atoms. The van der Waals surface area contributed by atoms with Crippen molar-refractivity contribution in [2.24, 2.45) is 0 Å². The third kappa shape index (κ3) is 2.43. The molecule has 0 saturated carbocycles. The van der Waals surface area contributed by atoms with Crippen LogP contribution in [0.15, 0.2) is 0 Å². The molecule has 0 radical (unpaired) electrons. The van der Waals surface area contributed by atoms with E-state index in [4.69, 9.17) is 0 Å². The Labute approximate surface area is 86.6 Å². The molecular weight excluding hydrogens is 206 g/mol. The summed E-state index contributed by atoms with van der Waals surface area (Å²) in [4.78, 5) is 23.9. The number of halogens is 2. The van der Waals surface area contributed by atoms with Gasteiger partial charge in [-0.1, -0.05) is 6.92 Å². The highest BCUT2D eigenvalue weighted by atomic mass is 19.3. The van der Waals surface area contributed by atoms with E-state index < -0.39 is 24.4 Å². The van der Waals surface area contributed by atoms with Gasteiger partial charge in [0.2, 0.25) is 11.8 Å². The summed E-state index contributed by atoms with van der Waals surface area (Å²) in [5.74, 6) is -0.829. The van der Waals surface area contributed by atoms with Crippen LogP contribution in [0.2, 0.25) is 0 Å². The Morgan fingerprint density at radius 1 is 1.53 bits per heavy atom. The lowest BCUT2D eigenvalue weighted by molar-refractivity contribution is -0.151. The standard InChI is InChI=1S/C9H14F2N2O2/c1-3-9(2)8(15)13(4-6(10)11)5-7(14)12-9/h6H,3-5H2,1-2H3,(H,12,14). The van der Waals surface area contributed by atoms with E-state index in [1.165, 1.54) is 0 Å². The van der Waals surface area contributed by atoms with Crippen LogP contribution < -0.4 is 5.32 Å². The average molecular weight is 220 g/mol. The molecule has 1 atom stereocenters. The van der Waals surface area contributed by atoms with Crippen molar-refractivity contribution < 1.29 is 18.4 Å². The van der Waals surface area contributed by atoms with E-state index in [-0.39, 0.29) is 12.5 Å². The first kappa shape index (κ1) is 11.9. The summed E-state index contributed by atoms with van der Waals surface area (Å²) in [5.41, 5.74) is -1.04. The molecule has 0 aromatic carbocycles. The maximum absolute atomic E-state index is 12.1. The molecule has 0 aromatic rings. The van der Waals surface area contributed by atoms with Crippen molar-refractivity contribution in [3.8, 4) is 0 Å². The van der Waals surface area contributed by atoms with Crippen molar-refractivity contribution >= 4 is 11.8 Å². The van der Waals surface area contributed by atoms with Gasteiger partial charge in [-0.2, -0.15) is 0 Å². The molecule has 1 unspecified atom stereocenters. The monoisotopic (exact) mass is 220 g/mol.